The van der Waals surface area contributed by atoms with Crippen molar-refractivity contribution in [1.82, 2.24) is 30.5 Å². The summed E-state index contributed by atoms with van der Waals surface area (Å²) in [6, 6.07) is 0. The standard InChI is InChI=1S/C6H7N7O2/c1-4(14)5-6(10-15-9-5)7-2-13-3-8-11-12-13/h3H,2H2,1H3,(H,7,10). The number of tetrazole rings is 1. The van der Waals surface area contributed by atoms with Crippen molar-refractivity contribution in [1.29, 1.82) is 0 Å². The van der Waals surface area contributed by atoms with Gasteiger partial charge in [-0.1, -0.05) is 0 Å². The predicted molar refractivity (Wildman–Crippen MR) is 45.7 cm³/mol. The molecule has 2 heterocycles. The van der Waals surface area contributed by atoms with Crippen LogP contribution in [-0.2, 0) is 6.67 Å². The number of rotatable bonds is 4. The summed E-state index contributed by atoms with van der Waals surface area (Å²) in [6.07, 6.45) is 1.42. The molecule has 9 heteroatoms. The third kappa shape index (κ3) is 1.95. The maximum Gasteiger partial charge on any atom is 0.203 e. The van der Waals surface area contributed by atoms with Crippen molar-refractivity contribution in [3.8, 4) is 0 Å². The number of Topliss-reactive ketones (excluding diaryl/α,β-unsaturated/α-hetero) is 1. The molecule has 2 rings (SSSR count). The lowest BCUT2D eigenvalue weighted by Gasteiger charge is -2.00. The molecule has 0 radical (unpaired) electrons. The fourth-order valence-corrected chi connectivity index (χ4v) is 0.944. The summed E-state index contributed by atoms with van der Waals surface area (Å²) in [5.74, 6) is 0.0495. The highest BCUT2D eigenvalue weighted by Gasteiger charge is 2.13. The molecule has 0 aliphatic carbocycles. The van der Waals surface area contributed by atoms with Crippen LogP contribution < -0.4 is 5.32 Å². The Morgan fingerprint density at radius 2 is 2.47 bits per heavy atom. The van der Waals surface area contributed by atoms with Crippen molar-refractivity contribution in [3.05, 3.63) is 12.0 Å². The SMILES string of the molecule is CC(=O)c1nonc1NCn1cnnn1. The fraction of sp³-hybridized carbons (Fsp3) is 0.333. The van der Waals surface area contributed by atoms with Gasteiger partial charge in [-0.2, -0.15) is 0 Å². The number of hydrogen-bond acceptors (Lipinski definition) is 8. The first kappa shape index (κ1) is 9.24. The Hall–Kier alpha value is -2.32. The molecule has 0 aliphatic heterocycles. The minimum absolute atomic E-state index is 0.156. The van der Waals surface area contributed by atoms with E-state index in [1.165, 1.54) is 17.9 Å². The normalized spacial score (nSPS) is 10.2. The van der Waals surface area contributed by atoms with Crippen LogP contribution in [0.5, 0.6) is 0 Å². The highest BCUT2D eigenvalue weighted by molar-refractivity contribution is 5.96. The molecule has 0 aliphatic rings. The molecular formula is C6H7N7O2. The maximum atomic E-state index is 11.0. The smallest absolute Gasteiger partial charge is 0.203 e. The van der Waals surface area contributed by atoms with Crippen LogP contribution in [0, 0.1) is 0 Å². The lowest BCUT2D eigenvalue weighted by molar-refractivity contribution is 0.100. The lowest BCUT2D eigenvalue weighted by atomic mass is 10.3. The summed E-state index contributed by atoms with van der Waals surface area (Å²) in [5.41, 5.74) is 0.156. The Morgan fingerprint density at radius 3 is 3.13 bits per heavy atom. The number of anilines is 1. The van der Waals surface area contributed by atoms with E-state index in [0.717, 1.165) is 0 Å². The predicted octanol–water partition coefficient (Wildman–Crippen LogP) is -0.672. The Kier molecular flexibility index (Phi) is 2.35. The Balaban J connectivity index is 2.05. The van der Waals surface area contributed by atoms with E-state index in [2.05, 4.69) is 35.8 Å². The topological polar surface area (TPSA) is 112 Å². The van der Waals surface area contributed by atoms with Crippen LogP contribution in [-0.4, -0.2) is 36.3 Å². The highest BCUT2D eigenvalue weighted by Crippen LogP contribution is 2.09. The van der Waals surface area contributed by atoms with E-state index >= 15 is 0 Å². The van der Waals surface area contributed by atoms with E-state index < -0.39 is 0 Å². The van der Waals surface area contributed by atoms with Crippen molar-refractivity contribution < 1.29 is 9.42 Å². The third-order valence-corrected chi connectivity index (χ3v) is 1.62. The second-order valence-electron chi connectivity index (χ2n) is 2.70. The van der Waals surface area contributed by atoms with Crippen molar-refractivity contribution in [3.63, 3.8) is 0 Å². The van der Waals surface area contributed by atoms with Gasteiger partial charge in [-0.15, -0.1) is 5.10 Å². The first-order chi connectivity index (χ1) is 7.27. The van der Waals surface area contributed by atoms with Gasteiger partial charge in [0.15, 0.2) is 11.5 Å². The van der Waals surface area contributed by atoms with Gasteiger partial charge < -0.3 is 5.32 Å². The number of carbonyl (C=O) groups excluding carboxylic acids is 1. The van der Waals surface area contributed by atoms with Gasteiger partial charge in [0, 0.05) is 6.92 Å². The molecule has 2 aromatic heterocycles. The number of carbonyl (C=O) groups is 1. The lowest BCUT2D eigenvalue weighted by Crippen LogP contribution is -2.11. The molecule has 0 spiro atoms. The van der Waals surface area contributed by atoms with Crippen LogP contribution in [0.4, 0.5) is 5.82 Å². The van der Waals surface area contributed by atoms with Crippen LogP contribution in [0.2, 0.25) is 0 Å². The van der Waals surface area contributed by atoms with Crippen LogP contribution in [0.25, 0.3) is 0 Å². The molecule has 15 heavy (non-hydrogen) atoms. The van der Waals surface area contributed by atoms with E-state index in [9.17, 15) is 4.79 Å². The molecule has 0 fully saturated rings. The van der Waals surface area contributed by atoms with Crippen molar-refractivity contribution in [2.75, 3.05) is 5.32 Å². The van der Waals surface area contributed by atoms with Gasteiger partial charge >= 0.3 is 0 Å². The summed E-state index contributed by atoms with van der Waals surface area (Å²) in [6.45, 7) is 1.66. The zero-order valence-electron chi connectivity index (χ0n) is 7.78. The molecule has 78 valence electrons. The quantitative estimate of drug-likeness (QED) is 0.659. The van der Waals surface area contributed by atoms with E-state index in [0.29, 0.717) is 0 Å². The first-order valence-corrected chi connectivity index (χ1v) is 4.05. The van der Waals surface area contributed by atoms with Crippen molar-refractivity contribution in [2.45, 2.75) is 13.6 Å². The van der Waals surface area contributed by atoms with Gasteiger partial charge in [-0.05, 0) is 20.7 Å². The second-order valence-corrected chi connectivity index (χ2v) is 2.70. The van der Waals surface area contributed by atoms with E-state index in [4.69, 9.17) is 0 Å². The van der Waals surface area contributed by atoms with Crippen LogP contribution in [0.15, 0.2) is 11.0 Å². The summed E-state index contributed by atoms with van der Waals surface area (Å²) >= 11 is 0. The summed E-state index contributed by atoms with van der Waals surface area (Å²) in [5, 5.41) is 20.3. The Bertz CT molecular complexity index is 448. The monoisotopic (exact) mass is 209 g/mol. The number of nitrogens with zero attached hydrogens (tertiary/aromatic N) is 6. The summed E-state index contributed by atoms with van der Waals surface area (Å²) in [7, 11) is 0. The van der Waals surface area contributed by atoms with E-state index in [1.807, 2.05) is 0 Å². The molecule has 1 N–H and O–H groups in total. The molecule has 0 saturated carbocycles. The molecule has 9 nitrogen and oxygen atoms in total. The Morgan fingerprint density at radius 1 is 1.60 bits per heavy atom. The number of nitrogens with one attached hydrogen (secondary N) is 1. The van der Waals surface area contributed by atoms with Gasteiger partial charge in [0.2, 0.25) is 5.82 Å². The summed E-state index contributed by atoms with van der Waals surface area (Å²) < 4.78 is 5.86. The maximum absolute atomic E-state index is 11.0. The van der Waals surface area contributed by atoms with Gasteiger partial charge in [-0.3, -0.25) is 4.79 Å². The van der Waals surface area contributed by atoms with Crippen molar-refractivity contribution >= 4 is 11.6 Å². The molecule has 0 atom stereocenters. The van der Waals surface area contributed by atoms with Gasteiger partial charge in [-0.25, -0.2) is 9.31 Å². The molecule has 0 bridgehead atoms. The number of ketones is 1. The fourth-order valence-electron chi connectivity index (χ4n) is 0.944. The summed E-state index contributed by atoms with van der Waals surface area (Å²) in [4.78, 5) is 11.0. The highest BCUT2D eigenvalue weighted by atomic mass is 16.6. The van der Waals surface area contributed by atoms with E-state index in [-0.39, 0.29) is 24.0 Å². The molecule has 0 unspecified atom stereocenters. The van der Waals surface area contributed by atoms with Crippen LogP contribution in [0.1, 0.15) is 17.4 Å². The molecule has 0 amide bonds. The van der Waals surface area contributed by atoms with E-state index in [1.54, 1.807) is 0 Å². The molecule has 0 saturated heterocycles. The van der Waals surface area contributed by atoms with Crippen LogP contribution in [0.3, 0.4) is 0 Å². The average molecular weight is 209 g/mol. The van der Waals surface area contributed by atoms with Gasteiger partial charge in [0.25, 0.3) is 0 Å². The number of aromatic nitrogens is 6. The molecular weight excluding hydrogens is 202 g/mol. The third-order valence-electron chi connectivity index (χ3n) is 1.62. The second kappa shape index (κ2) is 3.82. The average Bonchev–Trinajstić information content (AvgIpc) is 2.86. The minimum atomic E-state index is -0.226. The van der Waals surface area contributed by atoms with Gasteiger partial charge in [0.05, 0.1) is 0 Å². The van der Waals surface area contributed by atoms with Crippen LogP contribution >= 0.6 is 0 Å². The first-order valence-electron chi connectivity index (χ1n) is 4.05. The number of hydrogen-bond donors (Lipinski definition) is 1. The zero-order chi connectivity index (χ0) is 10.7. The largest absolute Gasteiger partial charge is 0.346 e. The van der Waals surface area contributed by atoms with Crippen molar-refractivity contribution in [2.24, 2.45) is 0 Å². The zero-order valence-corrected chi connectivity index (χ0v) is 7.78. The molecule has 2 aromatic rings. The van der Waals surface area contributed by atoms with Gasteiger partial charge in [0.1, 0.15) is 13.0 Å². The Labute approximate surface area is 83.4 Å². The molecule has 0 aromatic carbocycles. The minimum Gasteiger partial charge on any atom is -0.346 e.